The van der Waals surface area contributed by atoms with Crippen LogP contribution >= 0.6 is 0 Å². The number of benzene rings is 4. The summed E-state index contributed by atoms with van der Waals surface area (Å²) in [6, 6.07) is 21.4. The predicted octanol–water partition coefficient (Wildman–Crippen LogP) is 9.62. The van der Waals surface area contributed by atoms with E-state index in [1.165, 1.54) is 33.8 Å². The molecule has 1 N–H and O–H groups in total. The minimum atomic E-state index is -4.76. The summed E-state index contributed by atoms with van der Waals surface area (Å²) in [6.45, 7) is 11.7. The fraction of sp³-hybridized carbons (Fsp3) is 0.434. The Balaban J connectivity index is 0.00000817. The molecule has 2 aliphatic rings. The number of unbranched alkanes of at least 4 members (excludes halogenated alkanes) is 2. The van der Waals surface area contributed by atoms with Crippen LogP contribution in [-0.4, -0.2) is 114 Å². The smallest absolute Gasteiger partial charge is 0.303 e. The third-order valence-electron chi connectivity index (χ3n) is 12.4. The van der Waals surface area contributed by atoms with Gasteiger partial charge in [0, 0.05) is 68.3 Å². The molecule has 4 aromatic rings. The Bertz CT molecular complexity index is 2560. The summed E-state index contributed by atoms with van der Waals surface area (Å²) in [5, 5.41) is 12.8. The molecule has 0 fully saturated rings. The van der Waals surface area contributed by atoms with Crippen LogP contribution in [0.5, 0.6) is 0 Å². The van der Waals surface area contributed by atoms with Crippen LogP contribution in [0.15, 0.2) is 120 Å². The summed E-state index contributed by atoms with van der Waals surface area (Å²) in [7, 11) is -1.40. The van der Waals surface area contributed by atoms with Crippen molar-refractivity contribution in [1.82, 2.24) is 0 Å². The molecule has 2 aliphatic heterocycles. The lowest BCUT2D eigenvalue weighted by atomic mass is 9.76. The number of methoxy groups -OCH3 is 2. The van der Waals surface area contributed by atoms with Crippen LogP contribution in [0.4, 0.5) is 11.4 Å². The van der Waals surface area contributed by atoms with Crippen molar-refractivity contribution in [1.29, 1.82) is 0 Å². The number of hydrogen-bond acceptors (Lipinski definition) is 10. The van der Waals surface area contributed by atoms with E-state index in [2.05, 4.69) is 84.9 Å². The number of nitrogens with zero attached hydrogens (tertiary/aromatic N) is 2. The molecule has 66 heavy (non-hydrogen) atoms. The molecule has 13 heteroatoms. The van der Waals surface area contributed by atoms with Crippen LogP contribution in [-0.2, 0) is 49.4 Å². The summed E-state index contributed by atoms with van der Waals surface area (Å²) in [5.74, 6) is -0.818. The number of carboxylic acids is 1. The van der Waals surface area contributed by atoms with Gasteiger partial charge in [0.15, 0.2) is 12.3 Å². The first-order chi connectivity index (χ1) is 31.3. The van der Waals surface area contributed by atoms with Crippen LogP contribution in [0.3, 0.4) is 0 Å². The number of fused-ring (bicyclic) bond motifs is 6. The van der Waals surface area contributed by atoms with E-state index in [1.54, 1.807) is 26.4 Å². The van der Waals surface area contributed by atoms with Crippen LogP contribution in [0.2, 0.25) is 0 Å². The standard InChI is InChI=1S/C52H64N2O10S.CH4/c1-51(2)46(54(30-32-60-4)43-26-24-39-17-13-14-18-40(39)49(43)51)21-10-7-6-8-11-22-47-52(3,28-31-62-35-36-64-38-37-63-34-33-61-5)50-42-19-16-20-45(65(57,58)59)41(42)25-27-44(50)53(47)29-15-9-12-23-48(55)56;/h6-8,10-11,13-14,16-22,24-27H,9,12,15,23,28-38H2,1-5H3,(H-,55,56,57,58,59);1H4. The monoisotopic (exact) mass is 924 g/mol. The average molecular weight is 925 g/mol. The Hall–Kier alpha value is -4.99. The van der Waals surface area contributed by atoms with E-state index >= 15 is 0 Å². The number of ether oxygens (including phenoxy) is 5. The molecule has 0 bridgehead atoms. The van der Waals surface area contributed by atoms with Crippen molar-refractivity contribution in [3.05, 3.63) is 126 Å². The predicted molar refractivity (Wildman–Crippen MR) is 263 cm³/mol. The van der Waals surface area contributed by atoms with E-state index in [0.717, 1.165) is 36.3 Å². The molecule has 0 radical (unpaired) electrons. The third kappa shape index (κ3) is 12.1. The summed E-state index contributed by atoms with van der Waals surface area (Å²) in [6.07, 6.45) is 17.1. The van der Waals surface area contributed by atoms with Crippen molar-refractivity contribution in [2.75, 3.05) is 85.1 Å². The molecule has 0 aliphatic carbocycles. The van der Waals surface area contributed by atoms with Crippen LogP contribution in [0, 0.1) is 0 Å². The molecule has 0 aromatic heterocycles. The maximum absolute atomic E-state index is 12.5. The minimum Gasteiger partial charge on any atom is -0.744 e. The van der Waals surface area contributed by atoms with Gasteiger partial charge < -0.3 is 38.2 Å². The zero-order chi connectivity index (χ0) is 46.5. The van der Waals surface area contributed by atoms with Crippen molar-refractivity contribution in [3.63, 3.8) is 0 Å². The van der Waals surface area contributed by atoms with Gasteiger partial charge in [0.1, 0.15) is 16.7 Å². The number of carbonyl (C=O) groups is 1. The molecule has 12 nitrogen and oxygen atoms in total. The Labute approximate surface area is 391 Å². The van der Waals surface area contributed by atoms with Crippen molar-refractivity contribution in [2.45, 2.75) is 76.0 Å². The Morgan fingerprint density at radius 2 is 1.39 bits per heavy atom. The molecule has 2 heterocycles. The molecule has 1 atom stereocenters. The van der Waals surface area contributed by atoms with Gasteiger partial charge in [-0.1, -0.05) is 86.7 Å². The quantitative estimate of drug-likeness (QED) is 0.0278. The highest BCUT2D eigenvalue weighted by molar-refractivity contribution is 7.86. The van der Waals surface area contributed by atoms with Gasteiger partial charge in [-0.15, -0.1) is 0 Å². The molecule has 0 amide bonds. The van der Waals surface area contributed by atoms with Gasteiger partial charge in [0.05, 0.1) is 50.0 Å². The van der Waals surface area contributed by atoms with Gasteiger partial charge in [0.25, 0.3) is 0 Å². The summed E-state index contributed by atoms with van der Waals surface area (Å²) in [5.41, 5.74) is 5.61. The highest BCUT2D eigenvalue weighted by atomic mass is 32.2. The first kappa shape index (κ1) is 52.0. The van der Waals surface area contributed by atoms with Crippen molar-refractivity contribution < 1.29 is 51.1 Å². The Morgan fingerprint density at radius 1 is 0.727 bits per heavy atom. The van der Waals surface area contributed by atoms with Gasteiger partial charge in [-0.2, -0.15) is 4.58 Å². The minimum absolute atomic E-state index is 0. The normalized spacial score (nSPS) is 17.6. The maximum atomic E-state index is 12.5. The second-order valence-corrected chi connectivity index (χ2v) is 18.4. The fourth-order valence-electron chi connectivity index (χ4n) is 9.29. The molecule has 1 unspecified atom stereocenters. The summed E-state index contributed by atoms with van der Waals surface area (Å²) in [4.78, 5) is 13.3. The Morgan fingerprint density at radius 3 is 2.11 bits per heavy atom. The SMILES string of the molecule is C.COCCOCCOCCOCCC1(C)\C(=C/C=C/C=C/C=C/C2=[N+](CCOC)c3ccc4ccccc4c3C2(C)C)N(CCCCCC(=O)O)c2ccc3c(S(=O)(=O)[O-])cccc3c21. The zero-order valence-corrected chi connectivity index (χ0v) is 39.2. The number of allylic oxidation sites excluding steroid dienone is 8. The largest absolute Gasteiger partial charge is 0.744 e. The van der Waals surface area contributed by atoms with E-state index in [-0.39, 0.29) is 24.2 Å². The van der Waals surface area contributed by atoms with Crippen LogP contribution in [0.25, 0.3) is 21.5 Å². The Kier molecular flexibility index (Phi) is 19.0. The van der Waals surface area contributed by atoms with E-state index < -0.39 is 21.5 Å². The van der Waals surface area contributed by atoms with E-state index in [0.29, 0.717) is 83.0 Å². The highest BCUT2D eigenvalue weighted by Crippen LogP contribution is 2.53. The molecule has 0 saturated heterocycles. The molecular weight excluding hydrogens is 857 g/mol. The molecule has 0 spiro atoms. The third-order valence-corrected chi connectivity index (χ3v) is 13.3. The number of rotatable bonds is 26. The lowest BCUT2D eigenvalue weighted by molar-refractivity contribution is -0.441. The van der Waals surface area contributed by atoms with E-state index in [9.17, 15) is 22.9 Å². The van der Waals surface area contributed by atoms with E-state index in [4.69, 9.17) is 23.7 Å². The number of hydrogen-bond donors (Lipinski definition) is 1. The second-order valence-electron chi connectivity index (χ2n) is 17.0. The van der Waals surface area contributed by atoms with Crippen LogP contribution in [0.1, 0.15) is 71.4 Å². The second kappa shape index (κ2) is 24.2. The lowest BCUT2D eigenvalue weighted by Crippen LogP contribution is -2.30. The molecular formula is C53H68N2O10S. The van der Waals surface area contributed by atoms with Crippen molar-refractivity contribution >= 4 is 54.7 Å². The topological polar surface area (TPSA) is 147 Å². The number of anilines is 1. The first-order valence-electron chi connectivity index (χ1n) is 22.5. The van der Waals surface area contributed by atoms with Crippen LogP contribution < -0.4 is 4.90 Å². The van der Waals surface area contributed by atoms with Gasteiger partial charge >= 0.3 is 5.97 Å². The molecule has 0 saturated carbocycles. The zero-order valence-electron chi connectivity index (χ0n) is 38.4. The lowest BCUT2D eigenvalue weighted by Gasteiger charge is -2.31. The number of carboxylic acid groups (broad SMARTS) is 1. The van der Waals surface area contributed by atoms with Gasteiger partial charge in [0.2, 0.25) is 5.69 Å². The molecule has 6 rings (SSSR count). The van der Waals surface area contributed by atoms with E-state index in [1.807, 2.05) is 36.4 Å². The maximum Gasteiger partial charge on any atom is 0.303 e. The molecule has 356 valence electrons. The van der Waals surface area contributed by atoms with Crippen molar-refractivity contribution in [2.24, 2.45) is 0 Å². The van der Waals surface area contributed by atoms with Gasteiger partial charge in [-0.25, -0.2) is 8.42 Å². The van der Waals surface area contributed by atoms with Gasteiger partial charge in [-0.3, -0.25) is 4.79 Å². The average Bonchev–Trinajstić information content (AvgIpc) is 3.65. The molecule has 4 aromatic carbocycles. The highest BCUT2D eigenvalue weighted by Gasteiger charge is 2.46. The number of aliphatic carboxylic acids is 1. The fourth-order valence-corrected chi connectivity index (χ4v) is 9.98. The summed E-state index contributed by atoms with van der Waals surface area (Å²) < 4.78 is 67.7. The van der Waals surface area contributed by atoms with Crippen molar-refractivity contribution in [3.8, 4) is 0 Å². The summed E-state index contributed by atoms with van der Waals surface area (Å²) >= 11 is 0. The van der Waals surface area contributed by atoms with Gasteiger partial charge in [-0.05, 0) is 91.4 Å². The first-order valence-corrected chi connectivity index (χ1v) is 23.9.